The Balaban J connectivity index is 2.00. The summed E-state index contributed by atoms with van der Waals surface area (Å²) in [6.07, 6.45) is 1.94. The smallest absolute Gasteiger partial charge is 0.282 e. The molecular weight excluding hydrogens is 278 g/mol. The topological polar surface area (TPSA) is 55.7 Å². The standard InChI is InChI=1S/C14H20ClN3O2/c1-9-7-18(8-10(2)20-9)11(3)14(19)17-12-5-4-6-16-13(12)15/h4-6,9-11H,7-8H2,1-3H3,(H,17,19)/p+1/t9-,10-,11-/m0/s1. The van der Waals surface area contributed by atoms with Crippen molar-refractivity contribution in [3.05, 3.63) is 23.5 Å². The lowest BCUT2D eigenvalue weighted by Gasteiger charge is -2.35. The lowest BCUT2D eigenvalue weighted by molar-refractivity contribution is -0.928. The van der Waals surface area contributed by atoms with Crippen molar-refractivity contribution in [2.75, 3.05) is 18.4 Å². The summed E-state index contributed by atoms with van der Waals surface area (Å²) >= 11 is 5.95. The summed E-state index contributed by atoms with van der Waals surface area (Å²) in [6.45, 7) is 7.68. The molecule has 1 aliphatic rings. The molecule has 0 bridgehead atoms. The first-order chi connectivity index (χ1) is 9.47. The van der Waals surface area contributed by atoms with Crippen LogP contribution in [-0.2, 0) is 9.53 Å². The average Bonchev–Trinajstić information content (AvgIpc) is 2.39. The summed E-state index contributed by atoms with van der Waals surface area (Å²) in [5.41, 5.74) is 0.555. The predicted octanol–water partition coefficient (Wildman–Crippen LogP) is 0.754. The summed E-state index contributed by atoms with van der Waals surface area (Å²) in [5, 5.41) is 3.15. The maximum Gasteiger partial charge on any atom is 0.282 e. The van der Waals surface area contributed by atoms with E-state index in [-0.39, 0.29) is 24.2 Å². The van der Waals surface area contributed by atoms with Gasteiger partial charge in [-0.25, -0.2) is 4.98 Å². The number of rotatable bonds is 3. The summed E-state index contributed by atoms with van der Waals surface area (Å²) in [7, 11) is 0. The van der Waals surface area contributed by atoms with Crippen LogP contribution in [-0.4, -0.2) is 42.2 Å². The van der Waals surface area contributed by atoms with E-state index in [1.54, 1.807) is 18.3 Å². The fourth-order valence-corrected chi connectivity index (χ4v) is 2.74. The van der Waals surface area contributed by atoms with E-state index in [1.165, 1.54) is 4.90 Å². The fraction of sp³-hybridized carbons (Fsp3) is 0.571. The Morgan fingerprint density at radius 3 is 2.75 bits per heavy atom. The van der Waals surface area contributed by atoms with Crippen LogP contribution in [0.25, 0.3) is 0 Å². The first-order valence-electron chi connectivity index (χ1n) is 6.88. The van der Waals surface area contributed by atoms with Gasteiger partial charge in [0.15, 0.2) is 11.2 Å². The Labute approximate surface area is 124 Å². The van der Waals surface area contributed by atoms with Gasteiger partial charge in [-0.05, 0) is 32.9 Å². The van der Waals surface area contributed by atoms with E-state index in [1.807, 2.05) is 20.8 Å². The Bertz CT molecular complexity index is 473. The van der Waals surface area contributed by atoms with Crippen molar-refractivity contribution in [2.45, 2.75) is 39.0 Å². The number of amides is 1. The quantitative estimate of drug-likeness (QED) is 0.810. The van der Waals surface area contributed by atoms with Crippen LogP contribution in [0, 0.1) is 0 Å². The Kier molecular flexibility index (Phi) is 4.96. The predicted molar refractivity (Wildman–Crippen MR) is 78.0 cm³/mol. The second-order valence-corrected chi connectivity index (χ2v) is 5.73. The summed E-state index contributed by atoms with van der Waals surface area (Å²) < 4.78 is 5.70. The van der Waals surface area contributed by atoms with Crippen LogP contribution in [0.15, 0.2) is 18.3 Å². The molecule has 1 fully saturated rings. The number of halogens is 1. The molecule has 110 valence electrons. The Hall–Kier alpha value is -1.17. The van der Waals surface area contributed by atoms with Gasteiger partial charge in [0, 0.05) is 6.20 Å². The van der Waals surface area contributed by atoms with Gasteiger partial charge in [-0.2, -0.15) is 0 Å². The number of carbonyl (C=O) groups excluding carboxylic acids is 1. The van der Waals surface area contributed by atoms with Crippen LogP contribution in [0.4, 0.5) is 5.69 Å². The highest BCUT2D eigenvalue weighted by Crippen LogP contribution is 2.17. The van der Waals surface area contributed by atoms with Crippen LogP contribution in [0.2, 0.25) is 5.15 Å². The molecule has 0 saturated carbocycles. The maximum atomic E-state index is 12.3. The SMILES string of the molecule is C[C@H]1C[NH+]([C@@H](C)C(=O)Nc2cccnc2Cl)C[C@H](C)O1. The molecule has 2 heterocycles. The third-order valence-corrected chi connectivity index (χ3v) is 3.89. The molecule has 1 amide bonds. The first kappa shape index (κ1) is 15.2. The zero-order valence-corrected chi connectivity index (χ0v) is 12.8. The van der Waals surface area contributed by atoms with Gasteiger partial charge in [-0.1, -0.05) is 11.6 Å². The van der Waals surface area contributed by atoms with E-state index in [9.17, 15) is 4.79 Å². The van der Waals surface area contributed by atoms with E-state index in [0.717, 1.165) is 13.1 Å². The number of ether oxygens (including phenoxy) is 1. The lowest BCUT2D eigenvalue weighted by Crippen LogP contribution is -3.19. The van der Waals surface area contributed by atoms with Gasteiger partial charge < -0.3 is 15.0 Å². The zero-order chi connectivity index (χ0) is 14.7. The van der Waals surface area contributed by atoms with Gasteiger partial charge in [-0.3, -0.25) is 4.79 Å². The fourth-order valence-electron chi connectivity index (χ4n) is 2.57. The largest absolute Gasteiger partial charge is 0.364 e. The number of nitrogens with zero attached hydrogens (tertiary/aromatic N) is 1. The summed E-state index contributed by atoms with van der Waals surface area (Å²) in [6, 6.07) is 3.35. The number of hydrogen-bond acceptors (Lipinski definition) is 3. The molecule has 2 N–H and O–H groups in total. The van der Waals surface area contributed by atoms with E-state index in [2.05, 4.69) is 10.3 Å². The Morgan fingerprint density at radius 2 is 2.15 bits per heavy atom. The molecule has 1 saturated heterocycles. The molecule has 3 atom stereocenters. The number of hydrogen-bond donors (Lipinski definition) is 2. The van der Waals surface area contributed by atoms with Crippen molar-refractivity contribution in [1.82, 2.24) is 4.98 Å². The van der Waals surface area contributed by atoms with Crippen molar-refractivity contribution >= 4 is 23.2 Å². The highest BCUT2D eigenvalue weighted by molar-refractivity contribution is 6.32. The molecule has 1 aromatic rings. The van der Waals surface area contributed by atoms with Crippen LogP contribution in [0.5, 0.6) is 0 Å². The highest BCUT2D eigenvalue weighted by atomic mass is 35.5. The van der Waals surface area contributed by atoms with Gasteiger partial charge in [-0.15, -0.1) is 0 Å². The van der Waals surface area contributed by atoms with Gasteiger partial charge in [0.25, 0.3) is 5.91 Å². The van der Waals surface area contributed by atoms with E-state index in [0.29, 0.717) is 10.8 Å². The molecule has 20 heavy (non-hydrogen) atoms. The monoisotopic (exact) mass is 298 g/mol. The van der Waals surface area contributed by atoms with Crippen molar-refractivity contribution in [2.24, 2.45) is 0 Å². The number of aromatic nitrogens is 1. The van der Waals surface area contributed by atoms with Crippen LogP contribution in [0.3, 0.4) is 0 Å². The van der Waals surface area contributed by atoms with Crippen molar-refractivity contribution in [3.63, 3.8) is 0 Å². The third kappa shape index (κ3) is 3.69. The molecule has 0 aliphatic carbocycles. The molecule has 0 radical (unpaired) electrons. The molecule has 0 unspecified atom stereocenters. The minimum atomic E-state index is -0.153. The molecule has 6 heteroatoms. The molecule has 5 nitrogen and oxygen atoms in total. The molecule has 0 spiro atoms. The normalized spacial score (nSPS) is 27.9. The van der Waals surface area contributed by atoms with Crippen molar-refractivity contribution < 1.29 is 14.4 Å². The van der Waals surface area contributed by atoms with Gasteiger partial charge in [0.2, 0.25) is 0 Å². The van der Waals surface area contributed by atoms with Gasteiger partial charge in [0.1, 0.15) is 25.3 Å². The van der Waals surface area contributed by atoms with Crippen molar-refractivity contribution in [3.8, 4) is 0 Å². The van der Waals surface area contributed by atoms with E-state index >= 15 is 0 Å². The maximum absolute atomic E-state index is 12.3. The molecule has 2 rings (SSSR count). The second-order valence-electron chi connectivity index (χ2n) is 5.38. The van der Waals surface area contributed by atoms with Crippen LogP contribution < -0.4 is 10.2 Å². The van der Waals surface area contributed by atoms with Gasteiger partial charge in [0.05, 0.1) is 5.69 Å². The number of morpholine rings is 1. The van der Waals surface area contributed by atoms with Crippen LogP contribution in [0.1, 0.15) is 20.8 Å². The van der Waals surface area contributed by atoms with E-state index < -0.39 is 0 Å². The molecule has 1 aliphatic heterocycles. The highest BCUT2D eigenvalue weighted by Gasteiger charge is 2.33. The number of anilines is 1. The van der Waals surface area contributed by atoms with Crippen molar-refractivity contribution in [1.29, 1.82) is 0 Å². The Morgan fingerprint density at radius 1 is 1.50 bits per heavy atom. The zero-order valence-electron chi connectivity index (χ0n) is 12.0. The molecular formula is C14H21ClN3O2+. The summed E-state index contributed by atoms with van der Waals surface area (Å²) in [4.78, 5) is 17.5. The number of quaternary nitrogens is 1. The number of nitrogens with one attached hydrogen (secondary N) is 2. The van der Waals surface area contributed by atoms with E-state index in [4.69, 9.17) is 16.3 Å². The minimum Gasteiger partial charge on any atom is -0.364 e. The van der Waals surface area contributed by atoms with Crippen LogP contribution >= 0.6 is 11.6 Å². The molecule has 0 aromatic carbocycles. The lowest BCUT2D eigenvalue weighted by atomic mass is 10.1. The third-order valence-electron chi connectivity index (χ3n) is 3.59. The number of pyridine rings is 1. The summed E-state index contributed by atoms with van der Waals surface area (Å²) in [5.74, 6) is -0.0452. The van der Waals surface area contributed by atoms with Gasteiger partial charge >= 0.3 is 0 Å². The average molecular weight is 299 g/mol. The minimum absolute atomic E-state index is 0.0452. The molecule has 1 aromatic heterocycles. The second kappa shape index (κ2) is 6.52. The number of carbonyl (C=O) groups is 1. The first-order valence-corrected chi connectivity index (χ1v) is 7.26.